The van der Waals surface area contributed by atoms with E-state index in [-0.39, 0.29) is 18.0 Å². The second-order valence-electron chi connectivity index (χ2n) is 4.05. The summed E-state index contributed by atoms with van der Waals surface area (Å²) < 4.78 is 5.12. The Morgan fingerprint density at radius 3 is 2.50 bits per heavy atom. The maximum Gasteiger partial charge on any atom is 0.338 e. The molecule has 1 rings (SSSR count). The summed E-state index contributed by atoms with van der Waals surface area (Å²) in [6.45, 7) is 5.06. The van der Waals surface area contributed by atoms with Gasteiger partial charge in [-0.2, -0.15) is 0 Å². The fourth-order valence-electron chi connectivity index (χ4n) is 1.39. The Bertz CT molecular complexity index is 458. The molecule has 0 radical (unpaired) electrons. The molecule has 4 nitrogen and oxygen atoms in total. The predicted octanol–water partition coefficient (Wildman–Crippen LogP) is 2.93. The third-order valence-corrected chi connectivity index (χ3v) is 2.87. The van der Waals surface area contributed by atoms with Gasteiger partial charge in [0.1, 0.15) is 0 Å². The van der Waals surface area contributed by atoms with Crippen LogP contribution in [0.1, 0.15) is 31.1 Å². The molecule has 0 aliphatic carbocycles. The second-order valence-corrected chi connectivity index (χ2v) is 4.90. The van der Waals surface area contributed by atoms with Crippen LogP contribution in [0.3, 0.4) is 0 Å². The molecule has 1 N–H and O–H groups in total. The number of carbonyl (C=O) groups is 2. The molecule has 1 aromatic carbocycles. The number of thioether (sulfide) groups is 1. The van der Waals surface area contributed by atoms with Gasteiger partial charge >= 0.3 is 5.97 Å². The molecule has 1 aromatic rings. The van der Waals surface area contributed by atoms with Crippen molar-refractivity contribution < 1.29 is 14.3 Å². The fraction of sp³-hybridized carbons (Fsp3) is 0.385. The van der Waals surface area contributed by atoms with E-state index >= 15 is 0 Å². The summed E-state index contributed by atoms with van der Waals surface area (Å²) in [4.78, 5) is 23.6. The summed E-state index contributed by atoms with van der Waals surface area (Å²) in [5.41, 5.74) is 1.19. The van der Waals surface area contributed by atoms with Gasteiger partial charge < -0.3 is 10.1 Å². The number of esters is 1. The summed E-state index contributed by atoms with van der Waals surface area (Å²) in [5.74, 6) is -0.488. The van der Waals surface area contributed by atoms with Crippen LogP contribution in [0.15, 0.2) is 23.1 Å². The Kier molecular flexibility index (Phi) is 5.22. The van der Waals surface area contributed by atoms with Crippen LogP contribution < -0.4 is 5.32 Å². The number of hydrogen-bond donors (Lipinski definition) is 1. The molecule has 5 heteroatoms. The zero-order valence-electron chi connectivity index (χ0n) is 10.9. The summed E-state index contributed by atoms with van der Waals surface area (Å²) in [7, 11) is 0. The van der Waals surface area contributed by atoms with Crippen LogP contribution in [0.2, 0.25) is 0 Å². The molecular formula is C13H17NO3S. The van der Waals surface area contributed by atoms with Gasteiger partial charge in [0.25, 0.3) is 0 Å². The van der Waals surface area contributed by atoms with E-state index in [2.05, 4.69) is 5.32 Å². The van der Waals surface area contributed by atoms with Crippen molar-refractivity contribution in [1.82, 2.24) is 0 Å². The molecule has 0 unspecified atom stereocenters. The first-order chi connectivity index (χ1) is 8.43. The molecule has 0 aliphatic rings. The van der Waals surface area contributed by atoms with Crippen molar-refractivity contribution in [3.63, 3.8) is 0 Å². The molecule has 0 atom stereocenters. The molecule has 0 fully saturated rings. The molecule has 0 bridgehead atoms. The summed E-state index contributed by atoms with van der Waals surface area (Å²) in [5, 5.41) is 2.72. The normalized spacial score (nSPS) is 10.3. The molecule has 0 aromatic heterocycles. The summed E-state index contributed by atoms with van der Waals surface area (Å²) in [6.07, 6.45) is 1.74. The lowest BCUT2D eigenvalue weighted by atomic mass is 10.2. The smallest absolute Gasteiger partial charge is 0.338 e. The van der Waals surface area contributed by atoms with Crippen molar-refractivity contribution in [1.29, 1.82) is 0 Å². The number of rotatable bonds is 4. The first-order valence-corrected chi connectivity index (χ1v) is 6.83. The largest absolute Gasteiger partial charge is 0.459 e. The highest BCUT2D eigenvalue weighted by molar-refractivity contribution is 7.98. The number of ether oxygens (including phenoxy) is 1. The second kappa shape index (κ2) is 6.44. The van der Waals surface area contributed by atoms with Gasteiger partial charge in [-0.15, -0.1) is 11.8 Å². The van der Waals surface area contributed by atoms with Gasteiger partial charge in [0, 0.05) is 11.8 Å². The van der Waals surface area contributed by atoms with Crippen LogP contribution in [0.25, 0.3) is 0 Å². The number of benzene rings is 1. The van der Waals surface area contributed by atoms with Crippen molar-refractivity contribution >= 4 is 29.3 Å². The molecular weight excluding hydrogens is 250 g/mol. The minimum Gasteiger partial charge on any atom is -0.459 e. The third-order valence-electron chi connectivity index (χ3n) is 2.09. The molecule has 0 aliphatic heterocycles. The van der Waals surface area contributed by atoms with Gasteiger partial charge in [-0.1, -0.05) is 0 Å². The first-order valence-electron chi connectivity index (χ1n) is 5.60. The molecule has 1 amide bonds. The van der Waals surface area contributed by atoms with Crippen molar-refractivity contribution in [2.75, 3.05) is 11.6 Å². The van der Waals surface area contributed by atoms with Crippen molar-refractivity contribution in [2.24, 2.45) is 0 Å². The maximum absolute atomic E-state index is 11.7. The number of nitrogens with one attached hydrogen (secondary N) is 1. The van der Waals surface area contributed by atoms with Crippen LogP contribution in [0, 0.1) is 0 Å². The number of amides is 1. The molecule has 0 saturated carbocycles. The number of anilines is 1. The minimum absolute atomic E-state index is 0.136. The lowest BCUT2D eigenvalue weighted by Crippen LogP contribution is -2.12. The predicted molar refractivity (Wildman–Crippen MR) is 73.1 cm³/mol. The first kappa shape index (κ1) is 14.6. The quantitative estimate of drug-likeness (QED) is 0.673. The lowest BCUT2D eigenvalue weighted by molar-refractivity contribution is -0.114. The standard InChI is InChI=1S/C13H17NO3S/c1-8(2)17-13(16)10-5-6-11(14-9(3)15)12(7-10)18-4/h5-8H,1-4H3,(H,14,15). The molecule has 18 heavy (non-hydrogen) atoms. The van der Waals surface area contributed by atoms with E-state index in [0.29, 0.717) is 11.3 Å². The van der Waals surface area contributed by atoms with Gasteiger partial charge in [0.05, 0.1) is 17.4 Å². The highest BCUT2D eigenvalue weighted by Crippen LogP contribution is 2.27. The molecule has 0 saturated heterocycles. The van der Waals surface area contributed by atoms with Gasteiger partial charge in [-0.05, 0) is 38.3 Å². The zero-order chi connectivity index (χ0) is 13.7. The van der Waals surface area contributed by atoms with Crippen molar-refractivity contribution in [2.45, 2.75) is 31.8 Å². The summed E-state index contributed by atoms with van der Waals surface area (Å²) >= 11 is 1.47. The molecule has 0 heterocycles. The van der Waals surface area contributed by atoms with Crippen molar-refractivity contribution in [3.05, 3.63) is 23.8 Å². The topological polar surface area (TPSA) is 55.4 Å². The van der Waals surface area contributed by atoms with Gasteiger partial charge in [-0.3, -0.25) is 4.79 Å². The Morgan fingerprint density at radius 1 is 1.33 bits per heavy atom. The van der Waals surface area contributed by atoms with E-state index in [4.69, 9.17) is 4.74 Å². The Morgan fingerprint density at radius 2 is 2.00 bits per heavy atom. The average Bonchev–Trinajstić information content (AvgIpc) is 2.27. The minimum atomic E-state index is -0.352. The van der Waals surface area contributed by atoms with Gasteiger partial charge in [0.2, 0.25) is 5.91 Å². The molecule has 0 spiro atoms. The van der Waals surface area contributed by atoms with E-state index in [0.717, 1.165) is 4.90 Å². The Balaban J connectivity index is 2.97. The summed E-state index contributed by atoms with van der Waals surface area (Å²) in [6, 6.07) is 5.08. The van der Waals surface area contributed by atoms with Gasteiger partial charge in [0.15, 0.2) is 0 Å². The monoisotopic (exact) mass is 267 g/mol. The van der Waals surface area contributed by atoms with Crippen LogP contribution in [0.4, 0.5) is 5.69 Å². The third kappa shape index (κ3) is 4.07. The number of hydrogen-bond acceptors (Lipinski definition) is 4. The fourth-order valence-corrected chi connectivity index (χ4v) is 1.98. The highest BCUT2D eigenvalue weighted by atomic mass is 32.2. The highest BCUT2D eigenvalue weighted by Gasteiger charge is 2.12. The SMILES string of the molecule is CSc1cc(C(=O)OC(C)C)ccc1NC(C)=O. The Hall–Kier alpha value is -1.49. The van der Waals surface area contributed by atoms with Crippen LogP contribution >= 0.6 is 11.8 Å². The van der Waals surface area contributed by atoms with E-state index in [9.17, 15) is 9.59 Å². The van der Waals surface area contributed by atoms with E-state index in [1.807, 2.05) is 6.26 Å². The van der Waals surface area contributed by atoms with Crippen molar-refractivity contribution in [3.8, 4) is 0 Å². The van der Waals surface area contributed by atoms with Crippen LogP contribution in [-0.2, 0) is 9.53 Å². The van der Waals surface area contributed by atoms with E-state index < -0.39 is 0 Å². The Labute approximate surface area is 111 Å². The maximum atomic E-state index is 11.7. The van der Waals surface area contributed by atoms with Crippen LogP contribution in [-0.4, -0.2) is 24.2 Å². The zero-order valence-corrected chi connectivity index (χ0v) is 11.8. The van der Waals surface area contributed by atoms with E-state index in [1.54, 1.807) is 32.0 Å². The lowest BCUT2D eigenvalue weighted by Gasteiger charge is -2.11. The average molecular weight is 267 g/mol. The molecule has 98 valence electrons. The number of carbonyl (C=O) groups excluding carboxylic acids is 2. The van der Waals surface area contributed by atoms with Gasteiger partial charge in [-0.25, -0.2) is 4.79 Å². The van der Waals surface area contributed by atoms with E-state index in [1.165, 1.54) is 18.7 Å². The van der Waals surface area contributed by atoms with Crippen LogP contribution in [0.5, 0.6) is 0 Å².